The predicted octanol–water partition coefficient (Wildman–Crippen LogP) is 3.57. The monoisotopic (exact) mass is 239 g/mol. The summed E-state index contributed by atoms with van der Waals surface area (Å²) in [6.07, 6.45) is 5.47. The largest absolute Gasteiger partial charge is 0.490 e. The van der Waals surface area contributed by atoms with Gasteiger partial charge in [0.25, 0.3) is 0 Å². The highest BCUT2D eigenvalue weighted by atomic mass is 79.9. The van der Waals surface area contributed by atoms with Crippen LogP contribution in [-0.4, -0.2) is 6.10 Å². The zero-order valence-corrected chi connectivity index (χ0v) is 9.01. The first kappa shape index (κ1) is 9.07. The van der Waals surface area contributed by atoms with E-state index in [9.17, 15) is 0 Å². The molecule has 0 aromatic heterocycles. The summed E-state index contributed by atoms with van der Waals surface area (Å²) in [5.41, 5.74) is 0. The Morgan fingerprint density at radius 3 is 2.85 bits per heavy atom. The summed E-state index contributed by atoms with van der Waals surface area (Å²) in [5, 5.41) is 0. The minimum absolute atomic E-state index is 0.439. The van der Waals surface area contributed by atoms with Crippen LogP contribution in [-0.2, 0) is 0 Å². The molecule has 0 bridgehead atoms. The lowest BCUT2D eigenvalue weighted by atomic mass is 10.3. The van der Waals surface area contributed by atoms with Gasteiger partial charge in [-0.3, -0.25) is 0 Å². The molecule has 69 valence electrons. The molecule has 1 aromatic carbocycles. The maximum atomic E-state index is 5.81. The van der Waals surface area contributed by atoms with Gasteiger partial charge in [0, 0.05) is 4.47 Å². The van der Waals surface area contributed by atoms with Crippen LogP contribution in [0.2, 0.25) is 0 Å². The zero-order valence-electron chi connectivity index (χ0n) is 7.42. The van der Waals surface area contributed by atoms with E-state index in [2.05, 4.69) is 22.0 Å². The third-order valence-electron chi connectivity index (χ3n) is 2.34. The molecule has 0 atom stereocenters. The van der Waals surface area contributed by atoms with Crippen LogP contribution in [0.25, 0.3) is 0 Å². The number of hydrogen-bond acceptors (Lipinski definition) is 1. The molecule has 0 amide bonds. The van der Waals surface area contributed by atoms with Crippen molar-refractivity contribution in [1.29, 1.82) is 0 Å². The van der Waals surface area contributed by atoms with Crippen molar-refractivity contribution in [3.05, 3.63) is 28.7 Å². The van der Waals surface area contributed by atoms with Crippen molar-refractivity contribution in [3.63, 3.8) is 0 Å². The van der Waals surface area contributed by atoms with E-state index in [1.807, 2.05) is 18.2 Å². The lowest BCUT2D eigenvalue weighted by Gasteiger charge is -2.12. The average molecular weight is 240 g/mol. The van der Waals surface area contributed by atoms with Crippen molar-refractivity contribution in [2.24, 2.45) is 0 Å². The molecule has 1 aromatic rings. The summed E-state index contributed by atoms with van der Waals surface area (Å²) in [6, 6.07) is 8.85. The molecule has 0 heterocycles. The molecule has 1 nitrogen and oxygen atoms in total. The third kappa shape index (κ3) is 2.47. The van der Waals surface area contributed by atoms with Gasteiger partial charge in [-0.25, -0.2) is 0 Å². The molecule has 0 saturated heterocycles. The van der Waals surface area contributed by atoms with Crippen LogP contribution in [0.15, 0.2) is 22.7 Å². The number of halogens is 1. The Labute approximate surface area is 87.2 Å². The van der Waals surface area contributed by atoms with E-state index in [-0.39, 0.29) is 0 Å². The van der Waals surface area contributed by atoms with E-state index < -0.39 is 0 Å². The molecule has 1 radical (unpaired) electrons. The second-order valence-corrected chi connectivity index (χ2v) is 4.25. The fourth-order valence-corrected chi connectivity index (χ4v) is 2.05. The SMILES string of the molecule is Brc1[c]ccc(OC2CCCC2)c1. The summed E-state index contributed by atoms with van der Waals surface area (Å²) in [7, 11) is 0. The van der Waals surface area contributed by atoms with Gasteiger partial charge in [0.15, 0.2) is 0 Å². The van der Waals surface area contributed by atoms with Crippen LogP contribution in [0, 0.1) is 6.07 Å². The maximum absolute atomic E-state index is 5.81. The molecule has 0 aliphatic heterocycles. The molecular weight excluding hydrogens is 228 g/mol. The molecule has 0 N–H and O–H groups in total. The number of benzene rings is 1. The van der Waals surface area contributed by atoms with Crippen LogP contribution in [0.1, 0.15) is 25.7 Å². The summed E-state index contributed by atoms with van der Waals surface area (Å²) in [5.74, 6) is 0.956. The normalized spacial score (nSPS) is 17.6. The van der Waals surface area contributed by atoms with Gasteiger partial charge in [0.05, 0.1) is 6.10 Å². The fraction of sp³-hybridized carbons (Fsp3) is 0.455. The molecule has 0 unspecified atom stereocenters. The Hall–Kier alpha value is -0.500. The molecule has 2 heteroatoms. The minimum atomic E-state index is 0.439. The van der Waals surface area contributed by atoms with Crippen LogP contribution in [0.5, 0.6) is 5.75 Å². The molecule has 13 heavy (non-hydrogen) atoms. The van der Waals surface area contributed by atoms with E-state index in [4.69, 9.17) is 4.74 Å². The molecule has 1 saturated carbocycles. The topological polar surface area (TPSA) is 9.23 Å². The Morgan fingerprint density at radius 2 is 2.15 bits per heavy atom. The van der Waals surface area contributed by atoms with Gasteiger partial charge < -0.3 is 4.74 Å². The van der Waals surface area contributed by atoms with Gasteiger partial charge in [0.2, 0.25) is 0 Å². The van der Waals surface area contributed by atoms with E-state index in [0.717, 1.165) is 10.2 Å². The standard InChI is InChI=1S/C11H12BrO/c12-9-4-3-7-11(8-9)13-10-5-1-2-6-10/h3,7-8,10H,1-2,5-6H2. The van der Waals surface area contributed by atoms with Gasteiger partial charge in [-0.2, -0.15) is 0 Å². The molecule has 1 aliphatic rings. The number of ether oxygens (including phenoxy) is 1. The highest BCUT2D eigenvalue weighted by Gasteiger charge is 2.16. The molecule has 1 aliphatic carbocycles. The minimum Gasteiger partial charge on any atom is -0.490 e. The van der Waals surface area contributed by atoms with Crippen LogP contribution in [0.3, 0.4) is 0 Å². The average Bonchev–Trinajstić information content (AvgIpc) is 2.57. The van der Waals surface area contributed by atoms with Crippen molar-refractivity contribution >= 4 is 15.9 Å². The van der Waals surface area contributed by atoms with Crippen LogP contribution >= 0.6 is 15.9 Å². The van der Waals surface area contributed by atoms with Gasteiger partial charge >= 0.3 is 0 Å². The second kappa shape index (κ2) is 4.14. The smallest absolute Gasteiger partial charge is 0.120 e. The first-order chi connectivity index (χ1) is 6.34. The number of rotatable bonds is 2. The van der Waals surface area contributed by atoms with E-state index >= 15 is 0 Å². The Balaban J connectivity index is 2.00. The van der Waals surface area contributed by atoms with Crippen LogP contribution in [0.4, 0.5) is 0 Å². The Morgan fingerprint density at radius 1 is 1.38 bits per heavy atom. The summed E-state index contributed by atoms with van der Waals surface area (Å²) < 4.78 is 6.77. The quantitative estimate of drug-likeness (QED) is 0.767. The predicted molar refractivity (Wildman–Crippen MR) is 55.9 cm³/mol. The summed E-state index contributed by atoms with van der Waals surface area (Å²) in [4.78, 5) is 0. The zero-order chi connectivity index (χ0) is 9.10. The van der Waals surface area contributed by atoms with E-state index in [1.165, 1.54) is 25.7 Å². The molecular formula is C11H12BrO. The van der Waals surface area contributed by atoms with Gasteiger partial charge in [-0.1, -0.05) is 15.9 Å². The van der Waals surface area contributed by atoms with Crippen molar-refractivity contribution < 1.29 is 4.74 Å². The first-order valence-electron chi connectivity index (χ1n) is 4.68. The second-order valence-electron chi connectivity index (χ2n) is 3.40. The highest BCUT2D eigenvalue weighted by Crippen LogP contribution is 2.25. The van der Waals surface area contributed by atoms with E-state index in [1.54, 1.807) is 0 Å². The van der Waals surface area contributed by atoms with Crippen molar-refractivity contribution in [1.82, 2.24) is 0 Å². The molecule has 1 fully saturated rings. The highest BCUT2D eigenvalue weighted by molar-refractivity contribution is 9.10. The molecule has 0 spiro atoms. The maximum Gasteiger partial charge on any atom is 0.120 e. The van der Waals surface area contributed by atoms with Crippen molar-refractivity contribution in [2.45, 2.75) is 31.8 Å². The van der Waals surface area contributed by atoms with Crippen molar-refractivity contribution in [3.8, 4) is 5.75 Å². The Kier molecular flexibility index (Phi) is 2.89. The van der Waals surface area contributed by atoms with Gasteiger partial charge in [-0.15, -0.1) is 0 Å². The fourth-order valence-electron chi connectivity index (χ4n) is 1.69. The third-order valence-corrected chi connectivity index (χ3v) is 2.80. The summed E-state index contributed by atoms with van der Waals surface area (Å²) in [6.45, 7) is 0. The van der Waals surface area contributed by atoms with Crippen molar-refractivity contribution in [2.75, 3.05) is 0 Å². The Bertz CT molecular complexity index is 279. The summed E-state index contributed by atoms with van der Waals surface area (Å²) >= 11 is 3.38. The lowest BCUT2D eigenvalue weighted by molar-refractivity contribution is 0.210. The van der Waals surface area contributed by atoms with Gasteiger partial charge in [-0.05, 0) is 49.9 Å². The molecule has 2 rings (SSSR count). The van der Waals surface area contributed by atoms with E-state index in [0.29, 0.717) is 6.10 Å². The van der Waals surface area contributed by atoms with Crippen LogP contribution < -0.4 is 4.74 Å². The van der Waals surface area contributed by atoms with Gasteiger partial charge in [0.1, 0.15) is 5.75 Å². The lowest BCUT2D eigenvalue weighted by Crippen LogP contribution is -2.10. The first-order valence-corrected chi connectivity index (χ1v) is 5.48. The number of hydrogen-bond donors (Lipinski definition) is 0.